The van der Waals surface area contributed by atoms with Crippen molar-refractivity contribution >= 4 is 32.7 Å². The molecule has 21 heavy (non-hydrogen) atoms. The van der Waals surface area contributed by atoms with Crippen molar-refractivity contribution in [1.29, 1.82) is 0 Å². The molecule has 0 amide bonds. The highest BCUT2D eigenvalue weighted by molar-refractivity contribution is 9.10. The lowest BCUT2D eigenvalue weighted by Crippen LogP contribution is -2.04. The van der Waals surface area contributed by atoms with Gasteiger partial charge in [-0.25, -0.2) is 9.37 Å². The predicted octanol–water partition coefficient (Wildman–Crippen LogP) is 4.77. The maximum Gasteiger partial charge on any atom is 0.143 e. The van der Waals surface area contributed by atoms with Crippen LogP contribution in [-0.2, 0) is 0 Å². The standard InChI is InChI=1S/C16H15BrFN3/c1-9(2)21-15-6-4-11(18)8-14(15)20-16(21)12-5-3-10(17)7-13(12)19/h3-9H,19H2,1-2H3. The van der Waals surface area contributed by atoms with Gasteiger partial charge in [0.25, 0.3) is 0 Å². The van der Waals surface area contributed by atoms with Crippen LogP contribution in [0.4, 0.5) is 10.1 Å². The molecule has 5 heteroatoms. The summed E-state index contributed by atoms with van der Waals surface area (Å²) in [5.41, 5.74) is 9.15. The number of halogens is 2. The van der Waals surface area contributed by atoms with Gasteiger partial charge in [-0.1, -0.05) is 15.9 Å². The lowest BCUT2D eigenvalue weighted by molar-refractivity contribution is 0.620. The average molecular weight is 348 g/mol. The Hall–Kier alpha value is -1.88. The molecule has 0 aliphatic carbocycles. The summed E-state index contributed by atoms with van der Waals surface area (Å²) in [6, 6.07) is 10.6. The van der Waals surface area contributed by atoms with Gasteiger partial charge in [0.15, 0.2) is 0 Å². The number of aromatic nitrogens is 2. The number of nitrogens with zero attached hydrogens (tertiary/aromatic N) is 2. The van der Waals surface area contributed by atoms with Crippen LogP contribution < -0.4 is 5.73 Å². The summed E-state index contributed by atoms with van der Waals surface area (Å²) in [7, 11) is 0. The van der Waals surface area contributed by atoms with Crippen molar-refractivity contribution in [3.05, 3.63) is 46.7 Å². The van der Waals surface area contributed by atoms with Crippen molar-refractivity contribution in [2.75, 3.05) is 5.73 Å². The first-order chi connectivity index (χ1) is 9.97. The van der Waals surface area contributed by atoms with E-state index >= 15 is 0 Å². The molecule has 0 unspecified atom stereocenters. The summed E-state index contributed by atoms with van der Waals surface area (Å²) in [6.45, 7) is 4.14. The third-order valence-corrected chi connectivity index (χ3v) is 3.92. The van der Waals surface area contributed by atoms with Crippen molar-refractivity contribution in [2.24, 2.45) is 0 Å². The number of imidazole rings is 1. The van der Waals surface area contributed by atoms with Gasteiger partial charge >= 0.3 is 0 Å². The Bertz CT molecular complexity index is 824. The molecule has 0 aliphatic rings. The zero-order valence-corrected chi connectivity index (χ0v) is 13.4. The maximum absolute atomic E-state index is 13.4. The fourth-order valence-electron chi connectivity index (χ4n) is 2.52. The van der Waals surface area contributed by atoms with Gasteiger partial charge in [-0.05, 0) is 44.2 Å². The zero-order chi connectivity index (χ0) is 15.1. The Morgan fingerprint density at radius 2 is 1.95 bits per heavy atom. The average Bonchev–Trinajstić information content (AvgIpc) is 2.76. The number of hydrogen-bond acceptors (Lipinski definition) is 2. The number of fused-ring (bicyclic) bond motifs is 1. The van der Waals surface area contributed by atoms with E-state index in [1.165, 1.54) is 12.1 Å². The summed E-state index contributed by atoms with van der Waals surface area (Å²) in [6.07, 6.45) is 0. The Morgan fingerprint density at radius 1 is 1.19 bits per heavy atom. The van der Waals surface area contributed by atoms with Crippen LogP contribution in [0.5, 0.6) is 0 Å². The molecular formula is C16H15BrFN3. The monoisotopic (exact) mass is 347 g/mol. The van der Waals surface area contributed by atoms with Crippen LogP contribution in [0.2, 0.25) is 0 Å². The van der Waals surface area contributed by atoms with Crippen molar-refractivity contribution in [2.45, 2.75) is 19.9 Å². The van der Waals surface area contributed by atoms with E-state index in [9.17, 15) is 4.39 Å². The number of anilines is 1. The van der Waals surface area contributed by atoms with Gasteiger partial charge in [0.05, 0.1) is 11.0 Å². The summed E-state index contributed by atoms with van der Waals surface area (Å²) >= 11 is 3.40. The molecule has 0 radical (unpaired) electrons. The summed E-state index contributed by atoms with van der Waals surface area (Å²) in [5, 5.41) is 0. The minimum Gasteiger partial charge on any atom is -0.398 e. The van der Waals surface area contributed by atoms with Crippen LogP contribution in [-0.4, -0.2) is 9.55 Å². The molecule has 1 aromatic heterocycles. The molecule has 3 nitrogen and oxygen atoms in total. The SMILES string of the molecule is CC(C)n1c(-c2ccc(Br)cc2N)nc2cc(F)ccc21. The van der Waals surface area contributed by atoms with Crippen LogP contribution >= 0.6 is 15.9 Å². The van der Waals surface area contributed by atoms with E-state index in [1.54, 1.807) is 6.07 Å². The Kier molecular flexibility index (Phi) is 3.45. The number of benzene rings is 2. The quantitative estimate of drug-likeness (QED) is 0.678. The first kappa shape index (κ1) is 14.1. The third kappa shape index (κ3) is 2.42. The van der Waals surface area contributed by atoms with Crippen molar-refractivity contribution in [3.63, 3.8) is 0 Å². The molecule has 1 heterocycles. The summed E-state index contributed by atoms with van der Waals surface area (Å²) < 4.78 is 16.4. The van der Waals surface area contributed by atoms with Gasteiger partial charge < -0.3 is 10.3 Å². The van der Waals surface area contributed by atoms with Gasteiger partial charge in [0.2, 0.25) is 0 Å². The Morgan fingerprint density at radius 3 is 2.62 bits per heavy atom. The van der Waals surface area contributed by atoms with E-state index in [2.05, 4.69) is 39.3 Å². The molecule has 0 saturated heterocycles. The molecule has 2 N–H and O–H groups in total. The summed E-state index contributed by atoms with van der Waals surface area (Å²) in [4.78, 5) is 4.58. The van der Waals surface area contributed by atoms with Gasteiger partial charge in [-0.3, -0.25) is 0 Å². The van der Waals surface area contributed by atoms with Crippen molar-refractivity contribution in [3.8, 4) is 11.4 Å². The van der Waals surface area contributed by atoms with Gasteiger partial charge in [-0.2, -0.15) is 0 Å². The predicted molar refractivity (Wildman–Crippen MR) is 87.6 cm³/mol. The van der Waals surface area contributed by atoms with Gasteiger partial charge in [-0.15, -0.1) is 0 Å². The fourth-order valence-corrected chi connectivity index (χ4v) is 2.90. The fraction of sp³-hybridized carbons (Fsp3) is 0.188. The molecule has 0 atom stereocenters. The molecule has 3 rings (SSSR count). The first-order valence-corrected chi connectivity index (χ1v) is 7.49. The lowest BCUT2D eigenvalue weighted by atomic mass is 10.1. The second kappa shape index (κ2) is 5.15. The van der Waals surface area contributed by atoms with E-state index in [1.807, 2.05) is 18.2 Å². The van der Waals surface area contributed by atoms with E-state index in [-0.39, 0.29) is 11.9 Å². The molecule has 0 spiro atoms. The number of rotatable bonds is 2. The van der Waals surface area contributed by atoms with Crippen molar-refractivity contribution in [1.82, 2.24) is 9.55 Å². The van der Waals surface area contributed by atoms with Crippen LogP contribution in [0, 0.1) is 5.82 Å². The topological polar surface area (TPSA) is 43.8 Å². The highest BCUT2D eigenvalue weighted by atomic mass is 79.9. The number of nitrogen functional groups attached to an aromatic ring is 1. The smallest absolute Gasteiger partial charge is 0.143 e. The van der Waals surface area contributed by atoms with E-state index in [4.69, 9.17) is 5.73 Å². The molecule has 0 saturated carbocycles. The molecule has 2 aromatic carbocycles. The van der Waals surface area contributed by atoms with E-state index < -0.39 is 0 Å². The summed E-state index contributed by atoms with van der Waals surface area (Å²) in [5.74, 6) is 0.474. The molecule has 0 aliphatic heterocycles. The second-order valence-electron chi connectivity index (χ2n) is 5.26. The van der Waals surface area contributed by atoms with Crippen LogP contribution in [0.15, 0.2) is 40.9 Å². The number of nitrogens with two attached hydrogens (primary N) is 1. The van der Waals surface area contributed by atoms with Gasteiger partial charge in [0, 0.05) is 27.8 Å². The molecule has 0 fully saturated rings. The molecular weight excluding hydrogens is 333 g/mol. The lowest BCUT2D eigenvalue weighted by Gasteiger charge is -2.14. The Labute approximate surface area is 130 Å². The largest absolute Gasteiger partial charge is 0.398 e. The van der Waals surface area contributed by atoms with Gasteiger partial charge in [0.1, 0.15) is 11.6 Å². The molecule has 3 aromatic rings. The number of hydrogen-bond donors (Lipinski definition) is 1. The first-order valence-electron chi connectivity index (χ1n) is 6.70. The minimum atomic E-state index is -0.286. The van der Waals surface area contributed by atoms with E-state index in [0.717, 1.165) is 21.4 Å². The third-order valence-electron chi connectivity index (χ3n) is 3.42. The highest BCUT2D eigenvalue weighted by Crippen LogP contribution is 2.33. The Balaban J connectivity index is 2.33. The van der Waals surface area contributed by atoms with Crippen LogP contribution in [0.25, 0.3) is 22.4 Å². The van der Waals surface area contributed by atoms with Crippen LogP contribution in [0.3, 0.4) is 0 Å². The highest BCUT2D eigenvalue weighted by Gasteiger charge is 2.17. The molecule has 0 bridgehead atoms. The van der Waals surface area contributed by atoms with E-state index in [0.29, 0.717) is 11.2 Å². The van der Waals surface area contributed by atoms with Crippen molar-refractivity contribution < 1.29 is 4.39 Å². The molecule has 108 valence electrons. The maximum atomic E-state index is 13.4. The normalized spacial score (nSPS) is 11.5. The second-order valence-corrected chi connectivity index (χ2v) is 6.18. The zero-order valence-electron chi connectivity index (χ0n) is 11.8. The van der Waals surface area contributed by atoms with Crippen LogP contribution in [0.1, 0.15) is 19.9 Å². The minimum absolute atomic E-state index is 0.193.